The first-order chi connectivity index (χ1) is 12.6. The van der Waals surface area contributed by atoms with Gasteiger partial charge in [0.1, 0.15) is 5.75 Å². The first-order valence-electron chi connectivity index (χ1n) is 8.95. The highest BCUT2D eigenvalue weighted by atomic mass is 35.5. The molecule has 2 aromatic rings. The summed E-state index contributed by atoms with van der Waals surface area (Å²) in [5.41, 5.74) is 1.08. The van der Waals surface area contributed by atoms with Crippen LogP contribution in [0, 0.1) is 0 Å². The highest BCUT2D eigenvalue weighted by Gasteiger charge is 2.23. The second-order valence-corrected chi connectivity index (χ2v) is 7.03. The van der Waals surface area contributed by atoms with Crippen LogP contribution in [-0.4, -0.2) is 41.0 Å². The third-order valence-corrected chi connectivity index (χ3v) is 4.76. The fourth-order valence-corrected chi connectivity index (χ4v) is 3.25. The quantitative estimate of drug-likeness (QED) is 0.844. The van der Waals surface area contributed by atoms with E-state index in [-0.39, 0.29) is 11.9 Å². The smallest absolute Gasteiger partial charge is 0.260 e. The van der Waals surface area contributed by atoms with E-state index >= 15 is 0 Å². The summed E-state index contributed by atoms with van der Waals surface area (Å²) in [6.45, 7) is 4.51. The lowest BCUT2D eigenvalue weighted by Crippen LogP contribution is -2.47. The topological polar surface area (TPSA) is 54.5 Å². The highest BCUT2D eigenvalue weighted by molar-refractivity contribution is 6.30. The molecule has 5 nitrogen and oxygen atoms in total. The van der Waals surface area contributed by atoms with Crippen molar-refractivity contribution in [3.63, 3.8) is 0 Å². The molecule has 2 heterocycles. The van der Waals surface area contributed by atoms with E-state index in [1.54, 1.807) is 31.2 Å². The first-order valence-corrected chi connectivity index (χ1v) is 9.33. The molecule has 1 aliphatic rings. The van der Waals surface area contributed by atoms with E-state index in [0.29, 0.717) is 10.8 Å². The molecule has 1 unspecified atom stereocenters. The number of amides is 1. The van der Waals surface area contributed by atoms with E-state index in [1.165, 1.54) is 0 Å². The second kappa shape index (κ2) is 9.01. The minimum atomic E-state index is -0.556. The van der Waals surface area contributed by atoms with Crippen molar-refractivity contribution in [3.05, 3.63) is 59.4 Å². The standard InChI is InChI=1S/C20H24ClN3O2/c1-15(26-19-7-4-5-16(21)13-19)20(25)23-17-8-11-24(12-9-17)14-18-6-2-3-10-22-18/h2-7,10,13,15,17H,8-9,11-12,14H2,1H3,(H,23,25). The minimum Gasteiger partial charge on any atom is -0.481 e. The Kier molecular flexibility index (Phi) is 6.47. The summed E-state index contributed by atoms with van der Waals surface area (Å²) in [7, 11) is 0. The number of hydrogen-bond donors (Lipinski definition) is 1. The molecule has 1 fully saturated rings. The second-order valence-electron chi connectivity index (χ2n) is 6.60. The molecule has 0 spiro atoms. The molecule has 1 saturated heterocycles. The fraction of sp³-hybridized carbons (Fsp3) is 0.400. The van der Waals surface area contributed by atoms with Gasteiger partial charge in [-0.3, -0.25) is 14.7 Å². The molecule has 0 aliphatic carbocycles. The number of carbonyl (C=O) groups is 1. The summed E-state index contributed by atoms with van der Waals surface area (Å²) in [6.07, 6.45) is 3.13. The molecule has 3 rings (SSSR count). The number of carbonyl (C=O) groups excluding carboxylic acids is 1. The third kappa shape index (κ3) is 5.44. The van der Waals surface area contributed by atoms with Gasteiger partial charge in [-0.1, -0.05) is 23.7 Å². The van der Waals surface area contributed by atoms with E-state index in [9.17, 15) is 4.79 Å². The number of halogens is 1. The predicted molar refractivity (Wildman–Crippen MR) is 102 cm³/mol. The van der Waals surface area contributed by atoms with Gasteiger partial charge in [0.25, 0.3) is 5.91 Å². The average Bonchev–Trinajstić information content (AvgIpc) is 2.64. The maximum atomic E-state index is 12.4. The van der Waals surface area contributed by atoms with E-state index in [2.05, 4.69) is 15.2 Å². The first kappa shape index (κ1) is 18.7. The van der Waals surface area contributed by atoms with Gasteiger partial charge >= 0.3 is 0 Å². The van der Waals surface area contributed by atoms with Crippen LogP contribution in [0.4, 0.5) is 0 Å². The summed E-state index contributed by atoms with van der Waals surface area (Å²) in [4.78, 5) is 19.1. The Bertz CT molecular complexity index is 718. The van der Waals surface area contributed by atoms with E-state index in [0.717, 1.165) is 38.2 Å². The number of pyridine rings is 1. The molecule has 0 radical (unpaired) electrons. The molecular weight excluding hydrogens is 350 g/mol. The maximum Gasteiger partial charge on any atom is 0.260 e. The Morgan fingerprint density at radius 1 is 1.31 bits per heavy atom. The lowest BCUT2D eigenvalue weighted by Gasteiger charge is -2.32. The monoisotopic (exact) mass is 373 g/mol. The molecule has 26 heavy (non-hydrogen) atoms. The van der Waals surface area contributed by atoms with Crippen LogP contribution >= 0.6 is 11.6 Å². The fourth-order valence-electron chi connectivity index (χ4n) is 3.07. The van der Waals surface area contributed by atoms with Gasteiger partial charge in [0.15, 0.2) is 6.10 Å². The van der Waals surface area contributed by atoms with Crippen LogP contribution in [0.15, 0.2) is 48.7 Å². The Hall–Kier alpha value is -2.11. The number of nitrogens with one attached hydrogen (secondary N) is 1. The van der Waals surface area contributed by atoms with Crippen LogP contribution in [0.1, 0.15) is 25.5 Å². The van der Waals surface area contributed by atoms with Crippen LogP contribution in [-0.2, 0) is 11.3 Å². The van der Waals surface area contributed by atoms with Gasteiger partial charge in [0.05, 0.1) is 5.69 Å². The molecular formula is C20H24ClN3O2. The van der Waals surface area contributed by atoms with Crippen molar-refractivity contribution < 1.29 is 9.53 Å². The molecule has 1 atom stereocenters. The summed E-state index contributed by atoms with van der Waals surface area (Å²) in [6, 6.07) is 13.3. The van der Waals surface area contributed by atoms with Crippen LogP contribution in [0.2, 0.25) is 5.02 Å². The Morgan fingerprint density at radius 3 is 2.81 bits per heavy atom. The van der Waals surface area contributed by atoms with Gasteiger partial charge in [-0.25, -0.2) is 0 Å². The number of ether oxygens (including phenoxy) is 1. The van der Waals surface area contributed by atoms with Gasteiger partial charge in [-0.05, 0) is 50.1 Å². The van der Waals surface area contributed by atoms with Gasteiger partial charge in [-0.15, -0.1) is 0 Å². The van der Waals surface area contributed by atoms with Crippen molar-refractivity contribution in [1.29, 1.82) is 0 Å². The largest absolute Gasteiger partial charge is 0.481 e. The van der Waals surface area contributed by atoms with E-state index in [4.69, 9.17) is 16.3 Å². The lowest BCUT2D eigenvalue weighted by molar-refractivity contribution is -0.128. The zero-order valence-corrected chi connectivity index (χ0v) is 15.7. The number of hydrogen-bond acceptors (Lipinski definition) is 4. The van der Waals surface area contributed by atoms with Crippen molar-refractivity contribution in [2.24, 2.45) is 0 Å². The van der Waals surface area contributed by atoms with E-state index < -0.39 is 6.10 Å². The molecule has 0 saturated carbocycles. The molecule has 1 aromatic heterocycles. The lowest BCUT2D eigenvalue weighted by atomic mass is 10.0. The number of likely N-dealkylation sites (tertiary alicyclic amines) is 1. The number of rotatable bonds is 6. The summed E-state index contributed by atoms with van der Waals surface area (Å²) >= 11 is 5.95. The summed E-state index contributed by atoms with van der Waals surface area (Å²) in [5.74, 6) is 0.512. The van der Waals surface area contributed by atoms with Crippen LogP contribution in [0.3, 0.4) is 0 Å². The van der Waals surface area contributed by atoms with Crippen LogP contribution < -0.4 is 10.1 Å². The van der Waals surface area contributed by atoms with Gasteiger partial charge in [0.2, 0.25) is 0 Å². The third-order valence-electron chi connectivity index (χ3n) is 4.52. The van der Waals surface area contributed by atoms with Crippen molar-refractivity contribution in [2.75, 3.05) is 13.1 Å². The summed E-state index contributed by atoms with van der Waals surface area (Å²) < 4.78 is 5.68. The predicted octanol–water partition coefficient (Wildman–Crippen LogP) is 3.28. The zero-order chi connectivity index (χ0) is 18.4. The summed E-state index contributed by atoms with van der Waals surface area (Å²) in [5, 5.41) is 3.69. The van der Waals surface area contributed by atoms with Crippen molar-refractivity contribution in [1.82, 2.24) is 15.2 Å². The van der Waals surface area contributed by atoms with E-state index in [1.807, 2.05) is 24.4 Å². The molecule has 138 valence electrons. The molecule has 1 aromatic carbocycles. The van der Waals surface area contributed by atoms with Crippen LogP contribution in [0.25, 0.3) is 0 Å². The zero-order valence-electron chi connectivity index (χ0n) is 14.9. The van der Waals surface area contributed by atoms with Crippen LogP contribution in [0.5, 0.6) is 5.75 Å². The average molecular weight is 374 g/mol. The van der Waals surface area contributed by atoms with Gasteiger partial charge in [0, 0.05) is 36.9 Å². The molecule has 6 heteroatoms. The number of benzene rings is 1. The Balaban J connectivity index is 1.42. The molecule has 1 amide bonds. The number of nitrogens with zero attached hydrogens (tertiary/aromatic N) is 2. The van der Waals surface area contributed by atoms with Gasteiger partial charge < -0.3 is 10.1 Å². The van der Waals surface area contributed by atoms with Crippen molar-refractivity contribution >= 4 is 17.5 Å². The maximum absolute atomic E-state index is 12.4. The van der Waals surface area contributed by atoms with Crippen molar-refractivity contribution in [2.45, 2.75) is 38.5 Å². The Labute approximate surface area is 159 Å². The normalized spacial score (nSPS) is 16.8. The number of piperidine rings is 1. The highest BCUT2D eigenvalue weighted by Crippen LogP contribution is 2.19. The van der Waals surface area contributed by atoms with Gasteiger partial charge in [-0.2, -0.15) is 0 Å². The van der Waals surface area contributed by atoms with Crippen molar-refractivity contribution in [3.8, 4) is 5.75 Å². The molecule has 0 bridgehead atoms. The number of aromatic nitrogens is 1. The SMILES string of the molecule is CC(Oc1cccc(Cl)c1)C(=O)NC1CCN(Cc2ccccn2)CC1. The molecule has 1 N–H and O–H groups in total. The Morgan fingerprint density at radius 2 is 2.12 bits per heavy atom. The molecule has 1 aliphatic heterocycles. The minimum absolute atomic E-state index is 0.0897.